The number of likely N-dealkylation sites (tertiary alicyclic amines) is 2. The van der Waals surface area contributed by atoms with E-state index in [-0.39, 0.29) is 17.6 Å². The van der Waals surface area contributed by atoms with Crippen LogP contribution in [0.3, 0.4) is 0 Å². The van der Waals surface area contributed by atoms with E-state index < -0.39 is 5.91 Å². The predicted octanol–water partition coefficient (Wildman–Crippen LogP) is 0.799. The summed E-state index contributed by atoms with van der Waals surface area (Å²) in [5, 5.41) is 7.26. The van der Waals surface area contributed by atoms with E-state index in [1.54, 1.807) is 4.90 Å². The molecule has 2 fully saturated rings. The zero-order valence-electron chi connectivity index (χ0n) is 17.1. The van der Waals surface area contributed by atoms with Crippen LogP contribution in [0.5, 0.6) is 0 Å². The molecule has 2 aromatic rings. The van der Waals surface area contributed by atoms with Crippen molar-refractivity contribution in [2.45, 2.75) is 25.9 Å². The maximum absolute atomic E-state index is 13.1. The van der Waals surface area contributed by atoms with E-state index in [4.69, 9.17) is 14.9 Å². The Morgan fingerprint density at radius 2 is 1.94 bits per heavy atom. The molecule has 0 aromatic carbocycles. The first-order chi connectivity index (χ1) is 15.0. The average Bonchev–Trinajstić information content (AvgIpc) is 3.40. The van der Waals surface area contributed by atoms with Crippen molar-refractivity contribution in [1.82, 2.24) is 20.0 Å². The number of fused-ring (bicyclic) bond motifs is 1. The maximum atomic E-state index is 13.1. The molecule has 0 bridgehead atoms. The van der Waals surface area contributed by atoms with Gasteiger partial charge in [0, 0.05) is 49.9 Å². The maximum Gasteiger partial charge on any atom is 0.284 e. The van der Waals surface area contributed by atoms with E-state index in [0.29, 0.717) is 55.9 Å². The van der Waals surface area contributed by atoms with E-state index in [1.165, 1.54) is 12.3 Å². The molecule has 2 aromatic heterocycles. The van der Waals surface area contributed by atoms with Crippen molar-refractivity contribution >= 4 is 17.7 Å². The number of hydrogen-bond acceptors (Lipinski definition) is 6. The van der Waals surface area contributed by atoms with Crippen LogP contribution in [-0.2, 0) is 17.8 Å². The number of hydrogen-bond donors (Lipinski definition) is 2. The van der Waals surface area contributed by atoms with Crippen LogP contribution in [0.2, 0.25) is 0 Å². The van der Waals surface area contributed by atoms with Gasteiger partial charge in [0.2, 0.25) is 0 Å². The van der Waals surface area contributed by atoms with Crippen LogP contribution in [0.15, 0.2) is 16.7 Å². The minimum absolute atomic E-state index is 0.0205. The third kappa shape index (κ3) is 3.60. The van der Waals surface area contributed by atoms with E-state index in [1.807, 2.05) is 4.90 Å². The van der Waals surface area contributed by atoms with Crippen molar-refractivity contribution < 1.29 is 23.5 Å². The number of rotatable bonds is 4. The summed E-state index contributed by atoms with van der Waals surface area (Å²) in [5.41, 5.74) is 7.86. The molecule has 31 heavy (non-hydrogen) atoms. The molecule has 1 atom stereocenters. The lowest BCUT2D eigenvalue weighted by atomic mass is 9.80. The summed E-state index contributed by atoms with van der Waals surface area (Å²) in [7, 11) is 0. The number of carbonyl (C=O) groups excluding carboxylic acids is 3. The third-order valence-corrected chi connectivity index (χ3v) is 6.60. The van der Waals surface area contributed by atoms with E-state index >= 15 is 0 Å². The largest absolute Gasteiger partial charge is 0.458 e. The van der Waals surface area contributed by atoms with Crippen molar-refractivity contribution in [1.29, 1.82) is 0 Å². The van der Waals surface area contributed by atoms with Gasteiger partial charge in [-0.15, -0.1) is 0 Å². The summed E-state index contributed by atoms with van der Waals surface area (Å²) >= 11 is 0. The Morgan fingerprint density at radius 3 is 2.71 bits per heavy atom. The molecule has 2 saturated heterocycles. The van der Waals surface area contributed by atoms with Gasteiger partial charge in [-0.05, 0) is 24.7 Å². The Hall–Kier alpha value is -3.14. The SMILES string of the molecule is NC(=O)c1cc(C(=O)N2CC(C3CCCN(C(=O)c4n[nH]c5c4COCC5)C3)C2)co1. The second kappa shape index (κ2) is 7.84. The monoisotopic (exact) mass is 427 g/mol. The summed E-state index contributed by atoms with van der Waals surface area (Å²) in [6.45, 7) is 3.73. The first kappa shape index (κ1) is 19.8. The molecule has 0 saturated carbocycles. The van der Waals surface area contributed by atoms with Crippen LogP contribution in [0.4, 0.5) is 0 Å². The molecule has 3 aliphatic rings. The predicted molar refractivity (Wildman–Crippen MR) is 107 cm³/mol. The minimum atomic E-state index is -0.697. The molecule has 164 valence electrons. The molecule has 3 amide bonds. The molecule has 0 spiro atoms. The summed E-state index contributed by atoms with van der Waals surface area (Å²) in [6, 6.07) is 1.38. The molecule has 0 aliphatic carbocycles. The van der Waals surface area contributed by atoms with Crippen LogP contribution < -0.4 is 5.73 Å². The summed E-state index contributed by atoms with van der Waals surface area (Å²) < 4.78 is 10.5. The minimum Gasteiger partial charge on any atom is -0.458 e. The number of piperidine rings is 1. The normalized spacial score (nSPS) is 21.5. The molecule has 0 radical (unpaired) electrons. The molecule has 1 unspecified atom stereocenters. The molecular formula is C21H25N5O5. The number of aromatic nitrogens is 2. The number of carbonyl (C=O) groups is 3. The van der Waals surface area contributed by atoms with Crippen molar-refractivity contribution in [3.63, 3.8) is 0 Å². The van der Waals surface area contributed by atoms with Gasteiger partial charge in [-0.3, -0.25) is 19.5 Å². The zero-order chi connectivity index (χ0) is 21.5. The van der Waals surface area contributed by atoms with Crippen LogP contribution in [0.1, 0.15) is 55.5 Å². The highest BCUT2D eigenvalue weighted by molar-refractivity contribution is 5.98. The van der Waals surface area contributed by atoms with Gasteiger partial charge in [-0.2, -0.15) is 5.10 Å². The summed E-state index contributed by atoms with van der Waals surface area (Å²) in [5.74, 6) is -0.237. The number of nitrogens with zero attached hydrogens (tertiary/aromatic N) is 3. The molecule has 10 heteroatoms. The highest BCUT2D eigenvalue weighted by Gasteiger charge is 2.40. The molecule has 5 rings (SSSR count). The number of amides is 3. The summed E-state index contributed by atoms with van der Waals surface area (Å²) in [6.07, 6.45) is 4.00. The van der Waals surface area contributed by atoms with Crippen molar-refractivity contribution in [2.24, 2.45) is 17.6 Å². The Labute approximate surface area is 178 Å². The van der Waals surface area contributed by atoms with Gasteiger partial charge in [-0.25, -0.2) is 0 Å². The molecule has 10 nitrogen and oxygen atoms in total. The van der Waals surface area contributed by atoms with Crippen LogP contribution in [0, 0.1) is 11.8 Å². The van der Waals surface area contributed by atoms with Gasteiger partial charge in [0.05, 0.1) is 18.8 Å². The van der Waals surface area contributed by atoms with Crippen molar-refractivity contribution in [2.75, 3.05) is 32.8 Å². The van der Waals surface area contributed by atoms with E-state index in [9.17, 15) is 14.4 Å². The van der Waals surface area contributed by atoms with Crippen molar-refractivity contribution in [3.05, 3.63) is 40.6 Å². The first-order valence-corrected chi connectivity index (χ1v) is 10.6. The second-order valence-electron chi connectivity index (χ2n) is 8.52. The van der Waals surface area contributed by atoms with Gasteiger partial charge < -0.3 is 24.7 Å². The third-order valence-electron chi connectivity index (χ3n) is 6.60. The number of ether oxygens (including phenoxy) is 1. The highest BCUT2D eigenvalue weighted by atomic mass is 16.5. The first-order valence-electron chi connectivity index (χ1n) is 10.6. The van der Waals surface area contributed by atoms with E-state index in [0.717, 1.165) is 37.1 Å². The molecular weight excluding hydrogens is 402 g/mol. The number of H-pyrrole nitrogens is 1. The topological polar surface area (TPSA) is 135 Å². The van der Waals surface area contributed by atoms with E-state index in [2.05, 4.69) is 10.2 Å². The lowest BCUT2D eigenvalue weighted by Crippen LogP contribution is -2.55. The Balaban J connectivity index is 1.19. The number of primary amides is 1. The van der Waals surface area contributed by atoms with Gasteiger partial charge in [0.25, 0.3) is 17.7 Å². The van der Waals surface area contributed by atoms with Gasteiger partial charge >= 0.3 is 0 Å². The molecule has 5 heterocycles. The average molecular weight is 427 g/mol. The smallest absolute Gasteiger partial charge is 0.284 e. The second-order valence-corrected chi connectivity index (χ2v) is 8.52. The van der Waals surface area contributed by atoms with Gasteiger partial charge in [0.1, 0.15) is 6.26 Å². The van der Waals surface area contributed by atoms with Crippen molar-refractivity contribution in [3.8, 4) is 0 Å². The lowest BCUT2D eigenvalue weighted by molar-refractivity contribution is 0.0185. The summed E-state index contributed by atoms with van der Waals surface area (Å²) in [4.78, 5) is 40.5. The number of nitrogens with two attached hydrogens (primary N) is 1. The van der Waals surface area contributed by atoms with Gasteiger partial charge in [-0.1, -0.05) is 0 Å². The standard InChI is InChI=1S/C21H25N5O5/c22-19(27)17-6-13(10-31-17)20(28)26-8-14(9-26)12-2-1-4-25(7-12)21(29)18-15-11-30-5-3-16(15)23-24-18/h6,10,12,14H,1-5,7-9,11H2,(H2,22,27)(H,23,24). The quantitative estimate of drug-likeness (QED) is 0.741. The fraction of sp³-hybridized carbons (Fsp3) is 0.524. The lowest BCUT2D eigenvalue weighted by Gasteiger charge is -2.46. The Morgan fingerprint density at radius 1 is 1.13 bits per heavy atom. The fourth-order valence-electron chi connectivity index (χ4n) is 4.75. The molecule has 3 N–H and O–H groups in total. The zero-order valence-corrected chi connectivity index (χ0v) is 17.1. The molecule has 3 aliphatic heterocycles. The number of furan rings is 1. The fourth-order valence-corrected chi connectivity index (χ4v) is 4.75. The Kier molecular flexibility index (Phi) is 5.01. The number of nitrogens with one attached hydrogen (secondary N) is 1. The van der Waals surface area contributed by atoms with Crippen LogP contribution in [-0.4, -0.2) is 70.5 Å². The Bertz CT molecular complexity index is 1020. The number of aromatic amines is 1. The highest BCUT2D eigenvalue weighted by Crippen LogP contribution is 2.33. The van der Waals surface area contributed by atoms with Gasteiger partial charge in [0.15, 0.2) is 11.5 Å². The van der Waals surface area contributed by atoms with Crippen LogP contribution in [0.25, 0.3) is 0 Å². The van der Waals surface area contributed by atoms with Crippen LogP contribution >= 0.6 is 0 Å².